The molecule has 2 aromatic heterocycles. The highest BCUT2D eigenvalue weighted by Gasteiger charge is 2.43. The number of fused-ring (bicyclic) bond motifs is 10. The lowest BCUT2D eigenvalue weighted by Gasteiger charge is -2.13. The minimum Gasteiger partial charge on any atom is -0.268 e. The normalized spacial score (nSPS) is 14.5. The van der Waals surface area contributed by atoms with E-state index in [1.165, 1.54) is 36.4 Å². The van der Waals surface area contributed by atoms with E-state index in [4.69, 9.17) is 0 Å². The van der Waals surface area contributed by atoms with E-state index in [-0.39, 0.29) is 57.2 Å². The van der Waals surface area contributed by atoms with Crippen molar-refractivity contribution in [2.75, 3.05) is 0 Å². The van der Waals surface area contributed by atoms with Gasteiger partial charge >= 0.3 is 24.7 Å². The Kier molecular flexibility index (Phi) is 6.01. The van der Waals surface area contributed by atoms with Crippen LogP contribution in [0.15, 0.2) is 60.7 Å². The van der Waals surface area contributed by atoms with Crippen molar-refractivity contribution in [3.05, 3.63) is 94.0 Å². The number of alkyl halides is 12. The van der Waals surface area contributed by atoms with Crippen LogP contribution in [0.1, 0.15) is 43.0 Å². The highest BCUT2D eigenvalue weighted by Crippen LogP contribution is 2.46. The van der Waals surface area contributed by atoms with Gasteiger partial charge in [-0.3, -0.25) is 18.7 Å². The van der Waals surface area contributed by atoms with E-state index < -0.39 is 80.8 Å². The monoisotopic (exact) mass is 710 g/mol. The van der Waals surface area contributed by atoms with Crippen molar-refractivity contribution in [3.8, 4) is 33.9 Å². The smallest absolute Gasteiger partial charge is 0.268 e. The van der Waals surface area contributed by atoms with Crippen molar-refractivity contribution in [1.29, 1.82) is 0 Å². The van der Waals surface area contributed by atoms with Gasteiger partial charge in [-0.1, -0.05) is 12.1 Å². The lowest BCUT2D eigenvalue weighted by Crippen LogP contribution is -2.13. The zero-order valence-electron chi connectivity index (χ0n) is 23.9. The highest BCUT2D eigenvalue weighted by molar-refractivity contribution is 6.15. The summed E-state index contributed by atoms with van der Waals surface area (Å²) in [5.41, 5.74) is -9.77. The molecular weight excluding hydrogens is 700 g/mol. The van der Waals surface area contributed by atoms with Gasteiger partial charge in [-0.2, -0.15) is 52.7 Å². The molecule has 6 nitrogen and oxygen atoms in total. The Bertz CT molecular complexity index is 2530. The van der Waals surface area contributed by atoms with E-state index >= 15 is 0 Å². The van der Waals surface area contributed by atoms with Crippen molar-refractivity contribution in [3.63, 3.8) is 0 Å². The molecule has 0 aliphatic carbocycles. The average Bonchev–Trinajstić information content (AvgIpc) is 3.73. The first-order valence-corrected chi connectivity index (χ1v) is 13.9. The quantitative estimate of drug-likeness (QED) is 0.159. The second-order valence-electron chi connectivity index (χ2n) is 11.4. The molecule has 0 radical (unpaired) electrons. The first-order chi connectivity index (χ1) is 23.1. The van der Waals surface area contributed by atoms with Gasteiger partial charge in [0, 0.05) is 11.1 Å². The van der Waals surface area contributed by atoms with Crippen LogP contribution in [0, 0.1) is 0 Å². The van der Waals surface area contributed by atoms with Crippen molar-refractivity contribution in [2.45, 2.75) is 24.7 Å². The number of carbonyl (C=O) groups is 2. The highest BCUT2D eigenvalue weighted by atomic mass is 19.4. The molecule has 50 heavy (non-hydrogen) atoms. The molecule has 0 saturated carbocycles. The summed E-state index contributed by atoms with van der Waals surface area (Å²) in [6, 6.07) is 8.43. The van der Waals surface area contributed by atoms with E-state index in [2.05, 4.69) is 9.97 Å². The molecule has 2 aliphatic heterocycles. The number of rotatable bonds is 1. The maximum atomic E-state index is 13.8. The Hall–Kier alpha value is -5.68. The fourth-order valence-electron chi connectivity index (χ4n) is 6.32. The van der Waals surface area contributed by atoms with E-state index in [1.54, 1.807) is 0 Å². The largest absolute Gasteiger partial charge is 0.418 e. The van der Waals surface area contributed by atoms with Crippen molar-refractivity contribution in [1.82, 2.24) is 19.1 Å². The molecular formula is C32H10F12N4O2. The number of halogens is 12. The van der Waals surface area contributed by atoms with Gasteiger partial charge in [-0.25, -0.2) is 9.97 Å². The molecule has 4 aromatic carbocycles. The van der Waals surface area contributed by atoms with Crippen LogP contribution in [0.4, 0.5) is 52.7 Å². The molecule has 6 aromatic rings. The Morgan fingerprint density at radius 3 is 1.28 bits per heavy atom. The molecule has 0 bridgehead atoms. The molecule has 18 heteroatoms. The summed E-state index contributed by atoms with van der Waals surface area (Å²) < 4.78 is 165. The standard InChI is InChI=1S/C32H10F12N4O2/c33-29(34,35)13-7-19(31(39,40)41)23-21(9-13)47-25(45-23)15-3-1-12(6-18(15)28(47)50)11-2-4-16-17(5-11)26-46-24-20(32(42,43)44)8-14(30(36,37)38)10-22(24)48(26)27(16)49/h1-10H. The third kappa shape index (κ3) is 4.39. The van der Waals surface area contributed by atoms with E-state index in [0.29, 0.717) is 21.3 Å². The first-order valence-electron chi connectivity index (χ1n) is 13.9. The molecule has 0 atom stereocenters. The number of hydrogen-bond donors (Lipinski definition) is 0. The van der Waals surface area contributed by atoms with Gasteiger partial charge in [0.2, 0.25) is 0 Å². The van der Waals surface area contributed by atoms with Crippen LogP contribution < -0.4 is 0 Å². The minimum atomic E-state index is -5.26. The van der Waals surface area contributed by atoms with Gasteiger partial charge < -0.3 is 0 Å². The molecule has 254 valence electrons. The second-order valence-corrected chi connectivity index (χ2v) is 11.4. The molecule has 8 rings (SSSR count). The lowest BCUT2D eigenvalue weighted by molar-refractivity contribution is -0.143. The second kappa shape index (κ2) is 9.51. The molecule has 2 aliphatic rings. The van der Waals surface area contributed by atoms with Crippen LogP contribution in [0.25, 0.3) is 56.0 Å². The van der Waals surface area contributed by atoms with Gasteiger partial charge in [0.25, 0.3) is 11.8 Å². The van der Waals surface area contributed by atoms with E-state index in [0.717, 1.165) is 0 Å². The Morgan fingerprint density at radius 1 is 0.440 bits per heavy atom. The average molecular weight is 710 g/mol. The van der Waals surface area contributed by atoms with Gasteiger partial charge in [0.1, 0.15) is 22.7 Å². The Balaban J connectivity index is 1.25. The number of imidazole rings is 2. The number of benzene rings is 4. The summed E-state index contributed by atoms with van der Waals surface area (Å²) in [4.78, 5) is 34.6. The van der Waals surface area contributed by atoms with Gasteiger partial charge in [0.15, 0.2) is 0 Å². The Morgan fingerprint density at radius 2 is 0.840 bits per heavy atom. The Labute approximate surface area is 268 Å². The third-order valence-electron chi connectivity index (χ3n) is 8.51. The fraction of sp³-hybridized carbons (Fsp3) is 0.125. The van der Waals surface area contributed by atoms with Crippen LogP contribution in [0.2, 0.25) is 0 Å². The summed E-state index contributed by atoms with van der Waals surface area (Å²) in [6.07, 6.45) is -20.9. The minimum absolute atomic E-state index is 0.00471. The summed E-state index contributed by atoms with van der Waals surface area (Å²) in [7, 11) is 0. The zero-order chi connectivity index (χ0) is 36.0. The molecule has 0 saturated heterocycles. The van der Waals surface area contributed by atoms with E-state index in [9.17, 15) is 62.3 Å². The maximum absolute atomic E-state index is 13.8. The molecule has 0 fully saturated rings. The maximum Gasteiger partial charge on any atom is 0.418 e. The van der Waals surface area contributed by atoms with Crippen LogP contribution in [-0.2, 0) is 24.7 Å². The van der Waals surface area contributed by atoms with Crippen molar-refractivity contribution in [2.24, 2.45) is 0 Å². The molecule has 0 N–H and O–H groups in total. The first kappa shape index (κ1) is 31.6. The topological polar surface area (TPSA) is 69.8 Å². The third-order valence-corrected chi connectivity index (χ3v) is 8.51. The number of hydrogen-bond acceptors (Lipinski definition) is 4. The molecule has 0 amide bonds. The molecule has 0 spiro atoms. The van der Waals surface area contributed by atoms with Crippen LogP contribution in [-0.4, -0.2) is 30.9 Å². The summed E-state index contributed by atoms with van der Waals surface area (Å²) >= 11 is 0. The van der Waals surface area contributed by atoms with Gasteiger partial charge in [-0.15, -0.1) is 0 Å². The predicted molar refractivity (Wildman–Crippen MR) is 149 cm³/mol. The van der Waals surface area contributed by atoms with Crippen LogP contribution in [0.3, 0.4) is 0 Å². The molecule has 0 unspecified atom stereocenters. The van der Waals surface area contributed by atoms with Crippen LogP contribution >= 0.6 is 0 Å². The summed E-state index contributed by atoms with van der Waals surface area (Å²) in [5, 5.41) is 0. The predicted octanol–water partition coefficient (Wildman–Crippen LogP) is 9.47. The van der Waals surface area contributed by atoms with Crippen molar-refractivity contribution >= 4 is 33.9 Å². The van der Waals surface area contributed by atoms with Gasteiger partial charge in [-0.05, 0) is 59.7 Å². The number of aromatic nitrogens is 4. The lowest BCUT2D eigenvalue weighted by atomic mass is 9.96. The van der Waals surface area contributed by atoms with E-state index in [1.807, 2.05) is 0 Å². The van der Waals surface area contributed by atoms with Gasteiger partial charge in [0.05, 0.1) is 44.4 Å². The number of nitrogens with zero attached hydrogens (tertiary/aromatic N) is 4. The molecule has 4 heterocycles. The zero-order valence-corrected chi connectivity index (χ0v) is 23.9. The van der Waals surface area contributed by atoms with Crippen molar-refractivity contribution < 1.29 is 62.3 Å². The fourth-order valence-corrected chi connectivity index (χ4v) is 6.32. The summed E-state index contributed by atoms with van der Waals surface area (Å²) in [6.45, 7) is 0. The number of carbonyl (C=O) groups excluding carboxylic acids is 2. The SMILES string of the molecule is O=C1c2cc(-c3ccc4c(c3)-c3nc5c(C(F)(F)F)cc(C(F)(F)F)cc5n3C4=O)ccc2-c2nc3c(C(F)(F)F)cc(C(F)(F)F)cc3n21. The van der Waals surface area contributed by atoms with Crippen LogP contribution in [0.5, 0.6) is 0 Å². The summed E-state index contributed by atoms with van der Waals surface area (Å²) in [5.74, 6) is -2.67.